The van der Waals surface area contributed by atoms with Crippen molar-refractivity contribution in [1.29, 1.82) is 0 Å². The molecule has 1 heterocycles. The normalized spacial score (nSPS) is 20.7. The molecule has 3 aromatic carbocycles. The van der Waals surface area contributed by atoms with Crippen LogP contribution in [0.5, 0.6) is 0 Å². The van der Waals surface area contributed by atoms with Crippen LogP contribution in [-0.2, 0) is 48.3 Å². The van der Waals surface area contributed by atoms with Crippen LogP contribution in [0.25, 0.3) is 0 Å². The van der Waals surface area contributed by atoms with Gasteiger partial charge in [0.1, 0.15) is 37.1 Å². The molecule has 1 aliphatic rings. The van der Waals surface area contributed by atoms with E-state index in [0.29, 0.717) is 19.8 Å². The lowest BCUT2D eigenvalue weighted by molar-refractivity contribution is -0.170. The third-order valence-electron chi connectivity index (χ3n) is 6.57. The van der Waals surface area contributed by atoms with Gasteiger partial charge in [-0.05, 0) is 30.5 Å². The number of benzene rings is 3. The number of ether oxygens (including phenoxy) is 5. The van der Waals surface area contributed by atoms with E-state index in [-0.39, 0.29) is 0 Å². The Morgan fingerprint density at radius 2 is 1.27 bits per heavy atom. The summed E-state index contributed by atoms with van der Waals surface area (Å²) in [7, 11) is 1.61. The van der Waals surface area contributed by atoms with Crippen molar-refractivity contribution in [2.75, 3.05) is 7.11 Å². The van der Waals surface area contributed by atoms with E-state index in [1.807, 2.05) is 105 Å². The lowest BCUT2D eigenvalue weighted by Gasteiger charge is -2.32. The highest BCUT2D eigenvalue weighted by molar-refractivity contribution is 5.63. The van der Waals surface area contributed by atoms with Crippen LogP contribution in [-0.4, -0.2) is 49.6 Å². The molecule has 0 N–H and O–H groups in total. The summed E-state index contributed by atoms with van der Waals surface area (Å²) in [5, 5.41) is 4.21. The zero-order valence-corrected chi connectivity index (χ0v) is 23.4. The zero-order chi connectivity index (χ0) is 28.2. The molecule has 0 aliphatic carbocycles. The molecule has 0 radical (unpaired) electrons. The third kappa shape index (κ3) is 8.58. The van der Waals surface area contributed by atoms with Crippen molar-refractivity contribution < 1.29 is 28.5 Å². The lowest BCUT2D eigenvalue weighted by atomic mass is 9.98. The minimum absolute atomic E-state index is 0.341. The first-order valence-electron chi connectivity index (χ1n) is 13.5. The van der Waals surface area contributed by atoms with Crippen molar-refractivity contribution in [2.45, 2.75) is 70.0 Å². The predicted molar refractivity (Wildman–Crippen MR) is 155 cm³/mol. The number of hydrogen-bond acceptors (Lipinski definition) is 7. The first-order valence-corrected chi connectivity index (χ1v) is 13.5. The van der Waals surface area contributed by atoms with E-state index in [2.05, 4.69) is 11.7 Å². The molecule has 40 heavy (non-hydrogen) atoms. The monoisotopic (exact) mass is 545 g/mol. The Bertz CT molecular complexity index is 1170. The Kier molecular flexibility index (Phi) is 11.0. The van der Waals surface area contributed by atoms with Gasteiger partial charge in [0.05, 0.1) is 19.4 Å². The fourth-order valence-corrected chi connectivity index (χ4v) is 4.60. The molecule has 5 atom stereocenters. The van der Waals surface area contributed by atoms with Gasteiger partial charge < -0.3 is 28.5 Å². The van der Waals surface area contributed by atoms with E-state index in [0.717, 1.165) is 16.7 Å². The summed E-state index contributed by atoms with van der Waals surface area (Å²) in [6.07, 6.45) is 0.652. The Balaban J connectivity index is 1.54. The first kappa shape index (κ1) is 29.6. The third-order valence-corrected chi connectivity index (χ3v) is 6.57. The van der Waals surface area contributed by atoms with Gasteiger partial charge in [0, 0.05) is 7.11 Å². The SMILES string of the molecule is C=C[C@@H](OCc1ccccc1)[C@H]1OC(C)(C)O[C@H]1[C@H](OCc1ccccc1)[C@H](/C=N/OCc1ccccc1)OC. The minimum atomic E-state index is -0.875. The number of nitrogens with zero attached hydrogens (tertiary/aromatic N) is 1. The van der Waals surface area contributed by atoms with E-state index >= 15 is 0 Å². The van der Waals surface area contributed by atoms with E-state index < -0.39 is 36.3 Å². The van der Waals surface area contributed by atoms with E-state index in [1.165, 1.54) is 0 Å². The van der Waals surface area contributed by atoms with Crippen LogP contribution >= 0.6 is 0 Å². The van der Waals surface area contributed by atoms with Crippen LogP contribution in [0.15, 0.2) is 109 Å². The van der Waals surface area contributed by atoms with Crippen molar-refractivity contribution in [3.05, 3.63) is 120 Å². The Hall–Kier alpha value is -3.33. The molecule has 7 nitrogen and oxygen atoms in total. The summed E-state index contributed by atoms with van der Waals surface area (Å²) in [4.78, 5) is 5.57. The highest BCUT2D eigenvalue weighted by Crippen LogP contribution is 2.35. The Morgan fingerprint density at radius 3 is 1.80 bits per heavy atom. The summed E-state index contributed by atoms with van der Waals surface area (Å²) >= 11 is 0. The fraction of sp³-hybridized carbons (Fsp3) is 0.364. The predicted octanol–water partition coefficient (Wildman–Crippen LogP) is 6.08. The molecule has 212 valence electrons. The molecule has 0 saturated carbocycles. The molecule has 0 aromatic heterocycles. The smallest absolute Gasteiger partial charge is 0.164 e. The van der Waals surface area contributed by atoms with Gasteiger partial charge in [-0.2, -0.15) is 0 Å². The largest absolute Gasteiger partial charge is 0.391 e. The van der Waals surface area contributed by atoms with E-state index in [4.69, 9.17) is 28.5 Å². The van der Waals surface area contributed by atoms with Crippen molar-refractivity contribution in [3.63, 3.8) is 0 Å². The van der Waals surface area contributed by atoms with Gasteiger partial charge in [-0.1, -0.05) is 102 Å². The molecule has 0 unspecified atom stereocenters. The molecule has 1 saturated heterocycles. The van der Waals surface area contributed by atoms with Gasteiger partial charge in [-0.3, -0.25) is 0 Å². The second-order valence-electron chi connectivity index (χ2n) is 10.0. The summed E-state index contributed by atoms with van der Waals surface area (Å²) < 4.78 is 31.5. The second-order valence-corrected chi connectivity index (χ2v) is 10.0. The number of rotatable bonds is 15. The molecule has 1 fully saturated rings. The standard InChI is InChI=1S/C33H39NO6/c1-5-28(36-22-25-15-9-6-10-16-25)31-32(40-33(2,3)39-31)30(37-23-26-17-11-7-12-18-26)29(35-4)21-34-38-24-27-19-13-8-14-20-27/h5-21,28-32H,1,22-24H2,2-4H3/b34-21+/t28-,29+,30-,31-,32+/m1/s1. The average Bonchev–Trinajstić information content (AvgIpc) is 3.30. The fourth-order valence-electron chi connectivity index (χ4n) is 4.60. The quantitative estimate of drug-likeness (QED) is 0.131. The van der Waals surface area contributed by atoms with Crippen LogP contribution in [0.4, 0.5) is 0 Å². The summed E-state index contributed by atoms with van der Waals surface area (Å²) in [6.45, 7) is 8.88. The molecular weight excluding hydrogens is 506 g/mol. The average molecular weight is 546 g/mol. The van der Waals surface area contributed by atoms with Crippen molar-refractivity contribution >= 4 is 6.21 Å². The summed E-state index contributed by atoms with van der Waals surface area (Å²) in [5.74, 6) is -0.875. The maximum Gasteiger partial charge on any atom is 0.164 e. The van der Waals surface area contributed by atoms with E-state index in [1.54, 1.807) is 19.4 Å². The van der Waals surface area contributed by atoms with Crippen LogP contribution in [0.2, 0.25) is 0 Å². The molecule has 0 spiro atoms. The number of oxime groups is 1. The zero-order valence-electron chi connectivity index (χ0n) is 23.4. The molecule has 4 rings (SSSR count). The first-order chi connectivity index (χ1) is 19.5. The van der Waals surface area contributed by atoms with Crippen LogP contribution in [0.1, 0.15) is 30.5 Å². The summed E-state index contributed by atoms with van der Waals surface area (Å²) in [6, 6.07) is 29.8. The second kappa shape index (κ2) is 14.9. The van der Waals surface area contributed by atoms with Crippen LogP contribution in [0, 0.1) is 0 Å². The highest BCUT2D eigenvalue weighted by atomic mass is 16.8. The lowest BCUT2D eigenvalue weighted by Crippen LogP contribution is -2.50. The molecular formula is C33H39NO6. The minimum Gasteiger partial charge on any atom is -0.391 e. The van der Waals surface area contributed by atoms with Crippen LogP contribution in [0.3, 0.4) is 0 Å². The van der Waals surface area contributed by atoms with E-state index in [9.17, 15) is 0 Å². The van der Waals surface area contributed by atoms with Crippen molar-refractivity contribution in [3.8, 4) is 0 Å². The topological polar surface area (TPSA) is 67.7 Å². The molecule has 7 heteroatoms. The van der Waals surface area contributed by atoms with Gasteiger partial charge in [0.25, 0.3) is 0 Å². The molecule has 0 amide bonds. The van der Waals surface area contributed by atoms with Gasteiger partial charge in [0.2, 0.25) is 0 Å². The van der Waals surface area contributed by atoms with Gasteiger partial charge in [-0.15, -0.1) is 6.58 Å². The Labute approximate surface area is 237 Å². The molecule has 1 aliphatic heterocycles. The van der Waals surface area contributed by atoms with Crippen molar-refractivity contribution in [1.82, 2.24) is 0 Å². The number of hydrogen-bond donors (Lipinski definition) is 0. The molecule has 0 bridgehead atoms. The summed E-state index contributed by atoms with van der Waals surface area (Å²) in [5.41, 5.74) is 3.09. The van der Waals surface area contributed by atoms with Gasteiger partial charge >= 0.3 is 0 Å². The van der Waals surface area contributed by atoms with Crippen LogP contribution < -0.4 is 0 Å². The van der Waals surface area contributed by atoms with Gasteiger partial charge in [-0.25, -0.2) is 0 Å². The van der Waals surface area contributed by atoms with Crippen molar-refractivity contribution in [2.24, 2.45) is 5.16 Å². The van der Waals surface area contributed by atoms with Gasteiger partial charge in [0.15, 0.2) is 5.79 Å². The molecule has 3 aromatic rings. The highest BCUT2D eigenvalue weighted by Gasteiger charge is 2.50. The number of methoxy groups -OCH3 is 1. The maximum atomic E-state index is 6.49. The Morgan fingerprint density at radius 1 is 0.775 bits per heavy atom. The maximum absolute atomic E-state index is 6.49.